The van der Waals surface area contributed by atoms with Gasteiger partial charge in [0.15, 0.2) is 14.3 Å². The van der Waals surface area contributed by atoms with Gasteiger partial charge in [-0.3, -0.25) is 9.80 Å². The van der Waals surface area contributed by atoms with Gasteiger partial charge in [-0.1, -0.05) is 170 Å². The summed E-state index contributed by atoms with van der Waals surface area (Å²) in [6, 6.07) is 55.6. The summed E-state index contributed by atoms with van der Waals surface area (Å²) < 4.78 is 55.1. The molecule has 1 saturated heterocycles. The average Bonchev–Trinajstić information content (AvgIpc) is 3.31. The summed E-state index contributed by atoms with van der Waals surface area (Å²) in [4.78, 5) is 4.63. The molecule has 0 spiro atoms. The summed E-state index contributed by atoms with van der Waals surface area (Å²) in [5.74, 6) is 0. The molecule has 0 N–H and O–H groups in total. The van der Waals surface area contributed by atoms with Crippen LogP contribution in [0.2, 0.25) is 0 Å². The molecule has 1 heterocycles. The van der Waals surface area contributed by atoms with Crippen molar-refractivity contribution in [3.63, 3.8) is 0 Å². The third kappa shape index (κ3) is 11.1. The number of hydrogen-bond donors (Lipinski definition) is 0. The Bertz CT molecular complexity index is 2010. The van der Waals surface area contributed by atoms with E-state index in [1.807, 2.05) is 158 Å². The van der Waals surface area contributed by atoms with Crippen LogP contribution >= 0.6 is 14.3 Å². The highest BCUT2D eigenvalue weighted by atomic mass is 31.2. The van der Waals surface area contributed by atoms with Crippen LogP contribution in [0.15, 0.2) is 170 Å². The zero-order chi connectivity index (χ0) is 41.3. The van der Waals surface area contributed by atoms with Crippen molar-refractivity contribution in [2.24, 2.45) is 0 Å². The predicted molar refractivity (Wildman–Crippen MR) is 245 cm³/mol. The van der Waals surface area contributed by atoms with Crippen LogP contribution in [-0.2, 0) is 41.2 Å². The van der Waals surface area contributed by atoms with Crippen molar-refractivity contribution in [2.45, 2.75) is 13.1 Å². The van der Waals surface area contributed by atoms with Gasteiger partial charge in [0, 0.05) is 71.1 Å². The van der Waals surface area contributed by atoms with E-state index in [1.54, 1.807) is 0 Å². The smallest absolute Gasteiger partial charge is 0.171 e. The number of ether oxygens (including phenoxy) is 4. The molecule has 0 aromatic heterocycles. The Balaban J connectivity index is 0.999. The van der Waals surface area contributed by atoms with Crippen molar-refractivity contribution >= 4 is 46.1 Å². The second-order valence-electron chi connectivity index (χ2n) is 14.8. The molecule has 60 heavy (non-hydrogen) atoms. The predicted octanol–water partition coefficient (Wildman–Crippen LogP) is 6.35. The van der Waals surface area contributed by atoms with E-state index in [2.05, 4.69) is 21.9 Å². The fraction of sp³-hybridized carbons (Fsp3) is 0.280. The highest BCUT2D eigenvalue weighted by molar-refractivity contribution is 7.85. The Morgan fingerprint density at radius 3 is 0.867 bits per heavy atom. The van der Waals surface area contributed by atoms with Crippen LogP contribution < -0.4 is 31.8 Å². The summed E-state index contributed by atoms with van der Waals surface area (Å²) in [6.07, 6.45) is 0. The molecule has 8 nitrogen and oxygen atoms in total. The fourth-order valence-electron chi connectivity index (χ4n) is 7.75. The lowest BCUT2D eigenvalue weighted by atomic mass is 10.2. The first-order valence-electron chi connectivity index (χ1n) is 20.9. The minimum absolute atomic E-state index is 0.474. The van der Waals surface area contributed by atoms with Gasteiger partial charge < -0.3 is 28.1 Å². The van der Waals surface area contributed by atoms with Gasteiger partial charge in [-0.2, -0.15) is 0 Å². The van der Waals surface area contributed by atoms with Crippen LogP contribution in [-0.4, -0.2) is 88.8 Å². The molecular formula is C50H56N2O6P2. The second kappa shape index (κ2) is 22.4. The zero-order valence-electron chi connectivity index (χ0n) is 34.3. The molecule has 312 valence electrons. The highest BCUT2D eigenvalue weighted by Gasteiger charge is 2.33. The van der Waals surface area contributed by atoms with E-state index in [4.69, 9.17) is 18.9 Å². The van der Waals surface area contributed by atoms with Crippen molar-refractivity contribution in [1.29, 1.82) is 0 Å². The molecule has 0 atom stereocenters. The Hall–Kier alpha value is -4.46. The van der Waals surface area contributed by atoms with Gasteiger partial charge in [0.05, 0.1) is 52.9 Å². The number of nitrogens with zero attached hydrogens (tertiary/aromatic N) is 2. The first kappa shape index (κ1) is 43.6. The van der Waals surface area contributed by atoms with E-state index < -0.39 is 14.3 Å². The van der Waals surface area contributed by atoms with Crippen LogP contribution in [0.5, 0.6) is 0 Å². The third-order valence-electron chi connectivity index (χ3n) is 10.9. The highest BCUT2D eigenvalue weighted by Crippen LogP contribution is 2.44. The molecule has 1 fully saturated rings. The van der Waals surface area contributed by atoms with Gasteiger partial charge in [-0.25, -0.2) is 0 Å². The Morgan fingerprint density at radius 1 is 0.333 bits per heavy atom. The fourth-order valence-corrected chi connectivity index (χ4v) is 13.5. The minimum Gasteiger partial charge on any atom is -0.378 e. The first-order chi connectivity index (χ1) is 29.6. The largest absolute Gasteiger partial charge is 0.378 e. The lowest BCUT2D eigenvalue weighted by Gasteiger charge is -2.27. The molecule has 0 unspecified atom stereocenters. The molecule has 1 aliphatic rings. The van der Waals surface area contributed by atoms with Crippen LogP contribution in [0.4, 0.5) is 0 Å². The van der Waals surface area contributed by atoms with Crippen LogP contribution in [0, 0.1) is 0 Å². The van der Waals surface area contributed by atoms with Gasteiger partial charge in [-0.05, 0) is 11.1 Å². The molecule has 0 amide bonds. The van der Waals surface area contributed by atoms with Gasteiger partial charge in [0.1, 0.15) is 0 Å². The quantitative estimate of drug-likeness (QED) is 0.148. The van der Waals surface area contributed by atoms with Crippen molar-refractivity contribution < 1.29 is 28.1 Å². The summed E-state index contributed by atoms with van der Waals surface area (Å²) in [5, 5.41) is 4.98. The SMILES string of the molecule is O=P(c1ccccc1)(c1ccccc1)c1ccccc1CN1CCOCCOCCN(Cc2ccccc2P(=O)(c2ccccc2)c2ccccc2)CCOCCOCC1. The van der Waals surface area contributed by atoms with Crippen molar-refractivity contribution in [3.05, 3.63) is 181 Å². The molecule has 1 aliphatic heterocycles. The zero-order valence-corrected chi connectivity index (χ0v) is 36.1. The minimum atomic E-state index is -3.16. The maximum atomic E-state index is 15.3. The Kier molecular flexibility index (Phi) is 16.3. The third-order valence-corrected chi connectivity index (χ3v) is 17.2. The second-order valence-corrected chi connectivity index (χ2v) is 20.3. The van der Waals surface area contributed by atoms with E-state index in [-0.39, 0.29) is 0 Å². The van der Waals surface area contributed by atoms with E-state index in [0.29, 0.717) is 92.1 Å². The molecule has 0 radical (unpaired) electrons. The maximum Gasteiger partial charge on any atom is 0.171 e. The molecular weight excluding hydrogens is 787 g/mol. The van der Waals surface area contributed by atoms with Crippen molar-refractivity contribution in [1.82, 2.24) is 9.80 Å². The van der Waals surface area contributed by atoms with Crippen LogP contribution in [0.3, 0.4) is 0 Å². The van der Waals surface area contributed by atoms with Gasteiger partial charge in [0.25, 0.3) is 0 Å². The molecule has 6 aromatic carbocycles. The van der Waals surface area contributed by atoms with E-state index >= 15 is 9.13 Å². The Labute approximate surface area is 355 Å². The standard InChI is InChI=1S/C50H56N2O6P2/c53-59(45-19-5-1-6-20-45,46-21-7-2-8-22-46)49-27-15-13-17-43(49)41-51-29-33-55-37-39-57-35-31-52(32-36-58-40-38-56-34-30-51)42-44-18-14-16-28-50(44)60(54,47-23-9-3-10-24-47)48-25-11-4-12-26-48/h1-28H,29-42H2. The van der Waals surface area contributed by atoms with E-state index in [9.17, 15) is 0 Å². The summed E-state index contributed by atoms with van der Waals surface area (Å²) in [6.45, 7) is 7.91. The average molecular weight is 843 g/mol. The molecule has 0 aliphatic carbocycles. The number of benzene rings is 6. The van der Waals surface area contributed by atoms with Gasteiger partial charge >= 0.3 is 0 Å². The first-order valence-corrected chi connectivity index (χ1v) is 24.3. The van der Waals surface area contributed by atoms with Crippen LogP contribution in [0.1, 0.15) is 11.1 Å². The van der Waals surface area contributed by atoms with Gasteiger partial charge in [0.2, 0.25) is 0 Å². The molecule has 6 aromatic rings. The van der Waals surface area contributed by atoms with E-state index in [1.165, 1.54) is 0 Å². The Morgan fingerprint density at radius 2 is 0.583 bits per heavy atom. The normalized spacial score (nSPS) is 16.4. The topological polar surface area (TPSA) is 77.5 Å². The number of hydrogen-bond acceptors (Lipinski definition) is 8. The van der Waals surface area contributed by atoms with Crippen molar-refractivity contribution in [3.8, 4) is 0 Å². The summed E-state index contributed by atoms with van der Waals surface area (Å²) in [7, 11) is -6.31. The van der Waals surface area contributed by atoms with Crippen molar-refractivity contribution in [2.75, 3.05) is 79.0 Å². The molecule has 0 saturated carbocycles. The monoisotopic (exact) mass is 842 g/mol. The molecule has 0 bridgehead atoms. The molecule has 7 rings (SSSR count). The summed E-state index contributed by atoms with van der Waals surface area (Å²) in [5.41, 5.74) is 2.05. The van der Waals surface area contributed by atoms with Gasteiger partial charge in [-0.15, -0.1) is 0 Å². The van der Waals surface area contributed by atoms with Crippen LogP contribution in [0.25, 0.3) is 0 Å². The number of rotatable bonds is 10. The lowest BCUT2D eigenvalue weighted by molar-refractivity contribution is 0.00630. The lowest BCUT2D eigenvalue weighted by Crippen LogP contribution is -2.35. The van der Waals surface area contributed by atoms with E-state index in [0.717, 1.165) is 43.0 Å². The summed E-state index contributed by atoms with van der Waals surface area (Å²) >= 11 is 0. The maximum absolute atomic E-state index is 15.3. The molecule has 10 heteroatoms.